The average molecular weight is 236 g/mol. The number of ether oxygens (including phenoxy) is 1. The topological polar surface area (TPSA) is 75.8 Å². The van der Waals surface area contributed by atoms with Crippen molar-refractivity contribution in [1.29, 1.82) is 0 Å². The Bertz CT molecular complexity index is 434. The molecule has 5 heteroatoms. The molecule has 0 saturated carbocycles. The van der Waals surface area contributed by atoms with Gasteiger partial charge in [0.2, 0.25) is 0 Å². The maximum Gasteiger partial charge on any atom is 0.257 e. The van der Waals surface area contributed by atoms with E-state index >= 15 is 0 Å². The van der Waals surface area contributed by atoms with Crippen LogP contribution in [0.5, 0.6) is 5.75 Å². The second-order valence-corrected chi connectivity index (χ2v) is 4.14. The van der Waals surface area contributed by atoms with Gasteiger partial charge in [-0.05, 0) is 18.6 Å². The molecule has 1 aromatic carbocycles. The van der Waals surface area contributed by atoms with Crippen LogP contribution in [-0.2, 0) is 4.74 Å². The molecule has 1 amide bonds. The molecule has 1 aliphatic heterocycles. The van der Waals surface area contributed by atoms with Crippen LogP contribution in [0.3, 0.4) is 0 Å². The number of para-hydroxylation sites is 1. The fourth-order valence-electron chi connectivity index (χ4n) is 2.01. The molecule has 1 heterocycles. The number of hydrogen-bond donors (Lipinski definition) is 2. The van der Waals surface area contributed by atoms with E-state index < -0.39 is 0 Å². The molecular formula is C12H16N2O3. The first-order valence-corrected chi connectivity index (χ1v) is 5.53. The third kappa shape index (κ3) is 2.19. The van der Waals surface area contributed by atoms with Crippen LogP contribution in [0, 0.1) is 0 Å². The first kappa shape index (κ1) is 11.7. The molecule has 0 spiro atoms. The molecule has 3 N–H and O–H groups in total. The summed E-state index contributed by atoms with van der Waals surface area (Å²) in [6.07, 6.45) is 0.910. The largest absolute Gasteiger partial charge is 0.505 e. The summed E-state index contributed by atoms with van der Waals surface area (Å²) in [6.45, 7) is 1.20. The Morgan fingerprint density at radius 1 is 1.59 bits per heavy atom. The average Bonchev–Trinajstić information content (AvgIpc) is 2.80. The number of nitrogen functional groups attached to an aromatic ring is 1. The zero-order valence-corrected chi connectivity index (χ0v) is 9.72. The Kier molecular flexibility index (Phi) is 3.19. The zero-order valence-electron chi connectivity index (χ0n) is 9.72. The Morgan fingerprint density at radius 3 is 3.00 bits per heavy atom. The lowest BCUT2D eigenvalue weighted by atomic mass is 10.1. The highest BCUT2D eigenvalue weighted by atomic mass is 16.5. The summed E-state index contributed by atoms with van der Waals surface area (Å²) in [5.74, 6) is -0.340. The highest BCUT2D eigenvalue weighted by molar-refractivity contribution is 5.98. The van der Waals surface area contributed by atoms with Crippen molar-refractivity contribution in [3.8, 4) is 5.75 Å². The summed E-state index contributed by atoms with van der Waals surface area (Å²) >= 11 is 0. The van der Waals surface area contributed by atoms with Crippen LogP contribution in [0.2, 0.25) is 0 Å². The molecule has 1 fully saturated rings. The predicted octanol–water partition coefficient (Wildman–Crippen LogP) is 0.835. The van der Waals surface area contributed by atoms with Gasteiger partial charge in [-0.15, -0.1) is 0 Å². The van der Waals surface area contributed by atoms with E-state index in [1.165, 1.54) is 0 Å². The summed E-state index contributed by atoms with van der Waals surface area (Å²) in [5, 5.41) is 9.75. The van der Waals surface area contributed by atoms with E-state index in [1.54, 1.807) is 30.2 Å². The summed E-state index contributed by atoms with van der Waals surface area (Å²) in [5.41, 5.74) is 6.04. The third-order valence-electron chi connectivity index (χ3n) is 3.06. The van der Waals surface area contributed by atoms with Gasteiger partial charge in [0.15, 0.2) is 5.75 Å². The second-order valence-electron chi connectivity index (χ2n) is 4.14. The van der Waals surface area contributed by atoms with E-state index in [0.717, 1.165) is 6.42 Å². The molecule has 17 heavy (non-hydrogen) atoms. The fraction of sp³-hybridized carbons (Fsp3) is 0.417. The van der Waals surface area contributed by atoms with Gasteiger partial charge in [-0.2, -0.15) is 0 Å². The molecule has 5 nitrogen and oxygen atoms in total. The third-order valence-corrected chi connectivity index (χ3v) is 3.06. The van der Waals surface area contributed by atoms with Gasteiger partial charge in [0, 0.05) is 20.2 Å². The number of carbonyl (C=O) groups is 1. The minimum Gasteiger partial charge on any atom is -0.505 e. The lowest BCUT2D eigenvalue weighted by Gasteiger charge is -2.17. The lowest BCUT2D eigenvalue weighted by molar-refractivity contribution is 0.0721. The van der Waals surface area contributed by atoms with Gasteiger partial charge in [-0.3, -0.25) is 4.79 Å². The highest BCUT2D eigenvalue weighted by Crippen LogP contribution is 2.27. The normalized spacial score (nSPS) is 19.6. The monoisotopic (exact) mass is 236 g/mol. The molecule has 0 radical (unpaired) electrons. The molecule has 0 bridgehead atoms. The maximum absolute atomic E-state index is 12.1. The number of methoxy groups -OCH3 is 1. The van der Waals surface area contributed by atoms with Gasteiger partial charge >= 0.3 is 0 Å². The van der Waals surface area contributed by atoms with Gasteiger partial charge in [0.25, 0.3) is 5.91 Å². The lowest BCUT2D eigenvalue weighted by Crippen LogP contribution is -2.30. The number of aromatic hydroxyl groups is 1. The summed E-state index contributed by atoms with van der Waals surface area (Å²) in [4.78, 5) is 13.8. The van der Waals surface area contributed by atoms with Crippen molar-refractivity contribution in [2.75, 3.05) is 25.9 Å². The molecule has 92 valence electrons. The number of nitrogens with zero attached hydrogens (tertiary/aromatic N) is 1. The first-order valence-electron chi connectivity index (χ1n) is 5.53. The number of rotatable bonds is 2. The minimum atomic E-state index is -0.200. The Morgan fingerprint density at radius 2 is 2.35 bits per heavy atom. The van der Waals surface area contributed by atoms with Crippen molar-refractivity contribution in [3.05, 3.63) is 23.8 Å². The van der Waals surface area contributed by atoms with Crippen molar-refractivity contribution in [3.63, 3.8) is 0 Å². The molecule has 1 atom stereocenters. The number of phenols is 1. The molecule has 1 aliphatic rings. The number of hydrogen-bond acceptors (Lipinski definition) is 4. The van der Waals surface area contributed by atoms with E-state index in [4.69, 9.17) is 10.5 Å². The summed E-state index contributed by atoms with van der Waals surface area (Å²) < 4.78 is 5.20. The van der Waals surface area contributed by atoms with E-state index in [-0.39, 0.29) is 29.0 Å². The molecule has 2 rings (SSSR count). The molecule has 1 unspecified atom stereocenters. The van der Waals surface area contributed by atoms with E-state index in [0.29, 0.717) is 13.1 Å². The molecule has 1 aromatic rings. The van der Waals surface area contributed by atoms with Gasteiger partial charge < -0.3 is 20.5 Å². The SMILES string of the molecule is COC1CCN(C(=O)c2cccc(N)c2O)C1. The van der Waals surface area contributed by atoms with Gasteiger partial charge in [0.05, 0.1) is 17.4 Å². The van der Waals surface area contributed by atoms with Crippen LogP contribution in [0.4, 0.5) is 5.69 Å². The standard InChI is InChI=1S/C12H16N2O3/c1-17-8-5-6-14(7-8)12(16)9-3-2-4-10(13)11(9)15/h2-4,8,15H,5-7,13H2,1H3. The van der Waals surface area contributed by atoms with Crippen LogP contribution in [-0.4, -0.2) is 42.2 Å². The van der Waals surface area contributed by atoms with E-state index in [9.17, 15) is 9.90 Å². The number of benzene rings is 1. The van der Waals surface area contributed by atoms with Gasteiger partial charge in [0.1, 0.15) is 0 Å². The highest BCUT2D eigenvalue weighted by Gasteiger charge is 2.28. The number of likely N-dealkylation sites (tertiary alicyclic amines) is 1. The predicted molar refractivity (Wildman–Crippen MR) is 63.8 cm³/mol. The Balaban J connectivity index is 2.18. The van der Waals surface area contributed by atoms with Crippen molar-refractivity contribution in [2.45, 2.75) is 12.5 Å². The Labute approximate surface area is 99.8 Å². The van der Waals surface area contributed by atoms with E-state index in [1.807, 2.05) is 0 Å². The number of amides is 1. The molecular weight excluding hydrogens is 220 g/mol. The molecule has 1 saturated heterocycles. The minimum absolute atomic E-state index is 0.0853. The maximum atomic E-state index is 12.1. The number of carbonyl (C=O) groups excluding carboxylic acids is 1. The number of phenolic OH excluding ortho intramolecular Hbond substituents is 1. The Hall–Kier alpha value is -1.75. The van der Waals surface area contributed by atoms with Crippen molar-refractivity contribution in [1.82, 2.24) is 4.90 Å². The van der Waals surface area contributed by atoms with Crippen LogP contribution in [0.15, 0.2) is 18.2 Å². The van der Waals surface area contributed by atoms with Crippen LogP contribution in [0.25, 0.3) is 0 Å². The summed E-state index contributed by atoms with van der Waals surface area (Å²) in [6, 6.07) is 4.80. The second kappa shape index (κ2) is 4.63. The van der Waals surface area contributed by atoms with Crippen molar-refractivity contribution in [2.24, 2.45) is 0 Å². The van der Waals surface area contributed by atoms with Crippen molar-refractivity contribution < 1.29 is 14.6 Å². The van der Waals surface area contributed by atoms with Gasteiger partial charge in [-0.1, -0.05) is 6.07 Å². The zero-order chi connectivity index (χ0) is 12.4. The first-order chi connectivity index (χ1) is 8.13. The summed E-state index contributed by atoms with van der Waals surface area (Å²) in [7, 11) is 1.64. The van der Waals surface area contributed by atoms with Crippen molar-refractivity contribution >= 4 is 11.6 Å². The number of nitrogens with two attached hydrogens (primary N) is 1. The van der Waals surface area contributed by atoms with Crippen LogP contribution >= 0.6 is 0 Å². The fourth-order valence-corrected chi connectivity index (χ4v) is 2.01. The van der Waals surface area contributed by atoms with Crippen LogP contribution in [0.1, 0.15) is 16.8 Å². The van der Waals surface area contributed by atoms with E-state index in [2.05, 4.69) is 0 Å². The number of anilines is 1. The quantitative estimate of drug-likeness (QED) is 0.589. The molecule has 0 aromatic heterocycles. The molecule has 0 aliphatic carbocycles. The van der Waals surface area contributed by atoms with Crippen LogP contribution < -0.4 is 5.73 Å². The van der Waals surface area contributed by atoms with Gasteiger partial charge in [-0.25, -0.2) is 0 Å². The smallest absolute Gasteiger partial charge is 0.257 e.